The van der Waals surface area contributed by atoms with Gasteiger partial charge in [0.15, 0.2) is 17.0 Å². The van der Waals surface area contributed by atoms with E-state index in [-0.39, 0.29) is 17.4 Å². The van der Waals surface area contributed by atoms with Crippen molar-refractivity contribution >= 4 is 33.9 Å². The lowest BCUT2D eigenvalue weighted by molar-refractivity contribution is -0.148. The standard InChI is InChI=1S/C28H34N8O4/c1-4-21-29-19-7-5-6-8-20(19)36(21)26-31-23-22(24(32-26)34-11-13-39-14-12-34)30-27(33(23)2)40-18-15-35(16-18)25(37)28(9-10-28)17-38-3/h5-8,18H,4,9-17H2,1-3H3. The highest BCUT2D eigenvalue weighted by Crippen LogP contribution is 2.48. The second-order valence-electron chi connectivity index (χ2n) is 10.9. The maximum absolute atomic E-state index is 12.9. The molecule has 2 aliphatic heterocycles. The SMILES string of the molecule is CCc1nc2ccccc2n1-c1nc(N2CCOCC2)c2nc(OC3CN(C(=O)C4(COC)CC4)C3)n(C)c2n1. The molecule has 2 saturated heterocycles. The fourth-order valence-electron chi connectivity index (χ4n) is 5.76. The Morgan fingerprint density at radius 2 is 1.88 bits per heavy atom. The van der Waals surface area contributed by atoms with Crippen LogP contribution in [0, 0.1) is 5.41 Å². The fourth-order valence-corrected chi connectivity index (χ4v) is 5.76. The number of benzene rings is 1. The summed E-state index contributed by atoms with van der Waals surface area (Å²) in [4.78, 5) is 36.8. The molecule has 7 rings (SSSR count). The molecule has 12 nitrogen and oxygen atoms in total. The molecule has 210 valence electrons. The molecule has 1 aromatic carbocycles. The zero-order chi connectivity index (χ0) is 27.4. The molecule has 5 heterocycles. The molecule has 3 aliphatic rings. The number of anilines is 1. The van der Waals surface area contributed by atoms with Crippen LogP contribution in [0.15, 0.2) is 24.3 Å². The Morgan fingerprint density at radius 1 is 1.10 bits per heavy atom. The van der Waals surface area contributed by atoms with Gasteiger partial charge in [0.05, 0.1) is 49.4 Å². The van der Waals surface area contributed by atoms with Gasteiger partial charge in [0.25, 0.3) is 6.01 Å². The second-order valence-corrected chi connectivity index (χ2v) is 10.9. The van der Waals surface area contributed by atoms with Gasteiger partial charge in [0, 0.05) is 33.7 Å². The molecular formula is C28H34N8O4. The number of carbonyl (C=O) groups is 1. The summed E-state index contributed by atoms with van der Waals surface area (Å²) in [6, 6.07) is 8.52. The highest BCUT2D eigenvalue weighted by Gasteiger charge is 2.54. The summed E-state index contributed by atoms with van der Waals surface area (Å²) in [5.74, 6) is 2.38. The van der Waals surface area contributed by atoms with Crippen molar-refractivity contribution in [1.82, 2.24) is 34.0 Å². The number of hydrogen-bond acceptors (Lipinski definition) is 9. The largest absolute Gasteiger partial charge is 0.458 e. The Labute approximate surface area is 231 Å². The highest BCUT2D eigenvalue weighted by atomic mass is 16.5. The topological polar surface area (TPSA) is 113 Å². The average Bonchev–Trinajstić information content (AvgIpc) is 3.55. The van der Waals surface area contributed by atoms with Crippen molar-refractivity contribution in [3.63, 3.8) is 0 Å². The predicted octanol–water partition coefficient (Wildman–Crippen LogP) is 2.12. The molecule has 0 N–H and O–H groups in total. The van der Waals surface area contributed by atoms with Crippen LogP contribution in [0.1, 0.15) is 25.6 Å². The van der Waals surface area contributed by atoms with Crippen molar-refractivity contribution in [2.45, 2.75) is 32.3 Å². The molecule has 0 atom stereocenters. The van der Waals surface area contributed by atoms with Crippen LogP contribution in [0.25, 0.3) is 28.1 Å². The summed E-state index contributed by atoms with van der Waals surface area (Å²) in [6.07, 6.45) is 2.40. The van der Waals surface area contributed by atoms with Crippen molar-refractivity contribution in [2.24, 2.45) is 12.5 Å². The maximum atomic E-state index is 12.9. The number of nitrogens with zero attached hydrogens (tertiary/aromatic N) is 8. The van der Waals surface area contributed by atoms with Crippen LogP contribution in [0.5, 0.6) is 6.01 Å². The molecule has 0 radical (unpaired) electrons. The van der Waals surface area contributed by atoms with Gasteiger partial charge in [-0.1, -0.05) is 19.1 Å². The van der Waals surface area contributed by atoms with E-state index in [0.29, 0.717) is 69.1 Å². The number of rotatable bonds is 8. The molecule has 1 aliphatic carbocycles. The quantitative estimate of drug-likeness (QED) is 0.328. The number of aryl methyl sites for hydroxylation is 2. The molecule has 0 spiro atoms. The smallest absolute Gasteiger partial charge is 0.298 e. The lowest BCUT2D eigenvalue weighted by Gasteiger charge is -2.40. The van der Waals surface area contributed by atoms with Crippen LogP contribution in [-0.4, -0.2) is 99.1 Å². The number of aromatic nitrogens is 6. The summed E-state index contributed by atoms with van der Waals surface area (Å²) in [6.45, 7) is 6.34. The molecular weight excluding hydrogens is 512 g/mol. The third kappa shape index (κ3) is 4.08. The first-order valence-electron chi connectivity index (χ1n) is 14.0. The molecule has 3 fully saturated rings. The van der Waals surface area contributed by atoms with Crippen LogP contribution in [0.3, 0.4) is 0 Å². The van der Waals surface area contributed by atoms with E-state index in [1.807, 2.05) is 45.3 Å². The van der Waals surface area contributed by atoms with Crippen molar-refractivity contribution in [3.8, 4) is 12.0 Å². The van der Waals surface area contributed by atoms with Crippen LogP contribution in [-0.2, 0) is 27.7 Å². The van der Waals surface area contributed by atoms with Gasteiger partial charge in [-0.25, -0.2) is 4.98 Å². The Morgan fingerprint density at radius 3 is 2.60 bits per heavy atom. The molecule has 1 amide bonds. The van der Waals surface area contributed by atoms with E-state index in [1.54, 1.807) is 7.11 Å². The Hall–Kier alpha value is -3.77. The van der Waals surface area contributed by atoms with Crippen LogP contribution < -0.4 is 9.64 Å². The third-order valence-electron chi connectivity index (χ3n) is 8.24. The first-order chi connectivity index (χ1) is 19.5. The van der Waals surface area contributed by atoms with Crippen LogP contribution in [0.4, 0.5) is 5.82 Å². The van der Waals surface area contributed by atoms with Gasteiger partial charge in [-0.2, -0.15) is 15.0 Å². The lowest BCUT2D eigenvalue weighted by Crippen LogP contribution is -2.58. The van der Waals surface area contributed by atoms with Gasteiger partial charge in [-0.15, -0.1) is 0 Å². The van der Waals surface area contributed by atoms with E-state index in [0.717, 1.165) is 41.9 Å². The maximum Gasteiger partial charge on any atom is 0.298 e. The van der Waals surface area contributed by atoms with Gasteiger partial charge in [0.1, 0.15) is 11.9 Å². The number of morpholine rings is 1. The number of para-hydroxylation sites is 2. The Balaban J connectivity index is 1.23. The van der Waals surface area contributed by atoms with E-state index < -0.39 is 0 Å². The van der Waals surface area contributed by atoms with Crippen molar-refractivity contribution < 1.29 is 19.0 Å². The number of amides is 1. The van der Waals surface area contributed by atoms with Crippen molar-refractivity contribution in [3.05, 3.63) is 30.1 Å². The number of methoxy groups -OCH3 is 1. The summed E-state index contributed by atoms with van der Waals surface area (Å²) in [7, 11) is 3.57. The number of hydrogen-bond donors (Lipinski definition) is 0. The minimum Gasteiger partial charge on any atom is -0.458 e. The van der Waals surface area contributed by atoms with E-state index >= 15 is 0 Å². The summed E-state index contributed by atoms with van der Waals surface area (Å²) in [5, 5.41) is 0. The number of fused-ring (bicyclic) bond motifs is 2. The Kier molecular flexibility index (Phi) is 6.12. The normalized spacial score (nSPS) is 18.9. The fraction of sp³-hybridized carbons (Fsp3) is 0.536. The van der Waals surface area contributed by atoms with E-state index in [4.69, 9.17) is 34.1 Å². The minimum atomic E-state index is -0.328. The van der Waals surface area contributed by atoms with Gasteiger partial charge in [-0.05, 0) is 25.0 Å². The lowest BCUT2D eigenvalue weighted by atomic mass is 10.0. The summed E-state index contributed by atoms with van der Waals surface area (Å²) < 4.78 is 21.2. The number of imidazole rings is 2. The zero-order valence-electron chi connectivity index (χ0n) is 23.2. The van der Waals surface area contributed by atoms with Gasteiger partial charge in [0.2, 0.25) is 11.9 Å². The van der Waals surface area contributed by atoms with Gasteiger partial charge in [-0.3, -0.25) is 13.9 Å². The highest BCUT2D eigenvalue weighted by molar-refractivity contribution is 5.87. The monoisotopic (exact) mass is 546 g/mol. The van der Waals surface area contributed by atoms with Crippen LogP contribution >= 0.6 is 0 Å². The van der Waals surface area contributed by atoms with Gasteiger partial charge >= 0.3 is 0 Å². The molecule has 0 unspecified atom stereocenters. The third-order valence-corrected chi connectivity index (χ3v) is 8.24. The Bertz CT molecular complexity index is 1580. The molecule has 40 heavy (non-hydrogen) atoms. The number of carbonyl (C=O) groups excluding carboxylic acids is 1. The average molecular weight is 547 g/mol. The molecule has 0 bridgehead atoms. The predicted molar refractivity (Wildman–Crippen MR) is 148 cm³/mol. The van der Waals surface area contributed by atoms with E-state index in [2.05, 4.69) is 11.8 Å². The molecule has 12 heteroatoms. The van der Waals surface area contributed by atoms with Crippen LogP contribution in [0.2, 0.25) is 0 Å². The number of likely N-dealkylation sites (tertiary alicyclic amines) is 1. The van der Waals surface area contributed by atoms with Crippen molar-refractivity contribution in [2.75, 3.05) is 58.0 Å². The van der Waals surface area contributed by atoms with E-state index in [1.165, 1.54) is 0 Å². The molecule has 1 saturated carbocycles. The zero-order valence-corrected chi connectivity index (χ0v) is 23.2. The molecule has 3 aromatic heterocycles. The molecule has 4 aromatic rings. The summed E-state index contributed by atoms with van der Waals surface area (Å²) >= 11 is 0. The van der Waals surface area contributed by atoms with Gasteiger partial charge < -0.3 is 24.0 Å². The second kappa shape index (κ2) is 9.70. The minimum absolute atomic E-state index is 0.124. The van der Waals surface area contributed by atoms with Crippen molar-refractivity contribution in [1.29, 1.82) is 0 Å². The summed E-state index contributed by atoms with van der Waals surface area (Å²) in [5.41, 5.74) is 2.92. The van der Waals surface area contributed by atoms with E-state index in [9.17, 15) is 4.79 Å². The first kappa shape index (κ1) is 25.2. The first-order valence-corrected chi connectivity index (χ1v) is 14.0. The number of ether oxygens (including phenoxy) is 3.